The van der Waals surface area contributed by atoms with Crippen LogP contribution in [0.4, 0.5) is 11.6 Å². The van der Waals surface area contributed by atoms with Gasteiger partial charge in [-0.1, -0.05) is 42.1 Å². The van der Waals surface area contributed by atoms with Gasteiger partial charge >= 0.3 is 0 Å². The van der Waals surface area contributed by atoms with Crippen molar-refractivity contribution in [2.75, 3.05) is 36.5 Å². The molecule has 172 valence electrons. The number of thioether (sulfide) groups is 1. The SMILES string of the molecule is CC(=O)c1ccc(NC(=O)C(C)Sc2nnc(N3CCOCC3)n2Cc2ccccc2)cc1. The topological polar surface area (TPSA) is 89.3 Å². The van der Waals surface area contributed by atoms with Crippen molar-refractivity contribution in [1.82, 2.24) is 14.8 Å². The molecule has 1 N–H and O–H groups in total. The first-order valence-corrected chi connectivity index (χ1v) is 11.8. The average Bonchev–Trinajstić information content (AvgIpc) is 3.22. The standard InChI is InChI=1S/C24H27N5O3S/c1-17(30)20-8-10-21(11-9-20)25-22(31)18(2)33-24-27-26-23(28-12-14-32-15-13-28)29(24)16-19-6-4-3-5-7-19/h3-11,18H,12-16H2,1-2H3,(H,25,31). The maximum atomic E-state index is 12.8. The molecule has 33 heavy (non-hydrogen) atoms. The highest BCUT2D eigenvalue weighted by atomic mass is 32.2. The second kappa shape index (κ2) is 10.6. The van der Waals surface area contributed by atoms with Gasteiger partial charge in [0.2, 0.25) is 11.9 Å². The number of aromatic nitrogens is 3. The summed E-state index contributed by atoms with van der Waals surface area (Å²) >= 11 is 1.37. The number of carbonyl (C=O) groups excluding carboxylic acids is 2. The van der Waals surface area contributed by atoms with E-state index in [1.807, 2.05) is 25.1 Å². The van der Waals surface area contributed by atoms with Crippen LogP contribution in [0.3, 0.4) is 0 Å². The van der Waals surface area contributed by atoms with Crippen LogP contribution >= 0.6 is 11.8 Å². The molecule has 1 aliphatic heterocycles. The Morgan fingerprint density at radius 2 is 1.76 bits per heavy atom. The predicted molar refractivity (Wildman–Crippen MR) is 129 cm³/mol. The summed E-state index contributed by atoms with van der Waals surface area (Å²) in [6, 6.07) is 17.0. The number of hydrogen-bond acceptors (Lipinski definition) is 7. The molecule has 1 amide bonds. The smallest absolute Gasteiger partial charge is 0.237 e. The summed E-state index contributed by atoms with van der Waals surface area (Å²) in [4.78, 5) is 26.5. The van der Waals surface area contributed by atoms with E-state index in [1.165, 1.54) is 18.7 Å². The minimum Gasteiger partial charge on any atom is -0.378 e. The van der Waals surface area contributed by atoms with E-state index in [0.29, 0.717) is 36.2 Å². The minimum atomic E-state index is -0.395. The van der Waals surface area contributed by atoms with Gasteiger partial charge in [-0.05, 0) is 43.7 Å². The van der Waals surface area contributed by atoms with Gasteiger partial charge in [0.05, 0.1) is 25.0 Å². The number of ketones is 1. The Hall–Kier alpha value is -3.17. The number of morpholine rings is 1. The summed E-state index contributed by atoms with van der Waals surface area (Å²) in [6.07, 6.45) is 0. The van der Waals surface area contributed by atoms with Gasteiger partial charge in [-0.2, -0.15) is 0 Å². The summed E-state index contributed by atoms with van der Waals surface area (Å²) in [5.74, 6) is 0.639. The van der Waals surface area contributed by atoms with Gasteiger partial charge in [-0.15, -0.1) is 10.2 Å². The monoisotopic (exact) mass is 465 g/mol. The first-order chi connectivity index (χ1) is 16.0. The number of nitrogens with one attached hydrogen (secondary N) is 1. The molecule has 1 aliphatic rings. The summed E-state index contributed by atoms with van der Waals surface area (Å²) in [6.45, 7) is 6.80. The first kappa shape index (κ1) is 23.0. The number of Topliss-reactive ketones (excluding diaryl/α,β-unsaturated/α-hetero) is 1. The summed E-state index contributed by atoms with van der Waals surface area (Å²) < 4.78 is 7.55. The normalized spacial score (nSPS) is 14.7. The fourth-order valence-electron chi connectivity index (χ4n) is 3.51. The number of benzene rings is 2. The van der Waals surface area contributed by atoms with E-state index in [9.17, 15) is 9.59 Å². The number of anilines is 2. The Labute approximate surface area is 197 Å². The lowest BCUT2D eigenvalue weighted by molar-refractivity contribution is -0.115. The number of rotatable bonds is 8. The lowest BCUT2D eigenvalue weighted by Gasteiger charge is -2.28. The van der Waals surface area contributed by atoms with E-state index in [4.69, 9.17) is 4.74 Å². The molecule has 0 saturated carbocycles. The molecule has 0 radical (unpaired) electrons. The van der Waals surface area contributed by atoms with Crippen LogP contribution in [-0.4, -0.2) is 58.0 Å². The maximum absolute atomic E-state index is 12.8. The predicted octanol–water partition coefficient (Wildman–Crippen LogP) is 3.48. The molecule has 1 aromatic heterocycles. The van der Waals surface area contributed by atoms with Crippen LogP contribution in [0.1, 0.15) is 29.8 Å². The molecule has 0 aliphatic carbocycles. The number of hydrogen-bond donors (Lipinski definition) is 1. The number of carbonyl (C=O) groups is 2. The van der Waals surface area contributed by atoms with Crippen molar-refractivity contribution in [2.45, 2.75) is 30.8 Å². The molecule has 1 unspecified atom stereocenters. The van der Waals surface area contributed by atoms with E-state index in [-0.39, 0.29) is 11.7 Å². The molecular formula is C24H27N5O3S. The second-order valence-corrected chi connectivity index (χ2v) is 9.14. The minimum absolute atomic E-state index is 0.00868. The summed E-state index contributed by atoms with van der Waals surface area (Å²) in [5.41, 5.74) is 2.40. The highest BCUT2D eigenvalue weighted by molar-refractivity contribution is 8.00. The van der Waals surface area contributed by atoms with Crippen molar-refractivity contribution in [1.29, 1.82) is 0 Å². The number of ether oxygens (including phenoxy) is 1. The van der Waals surface area contributed by atoms with Crippen LogP contribution in [0.15, 0.2) is 59.8 Å². The van der Waals surface area contributed by atoms with Crippen LogP contribution in [0.25, 0.3) is 0 Å². The third kappa shape index (κ3) is 5.80. The largest absolute Gasteiger partial charge is 0.378 e. The Kier molecular flexibility index (Phi) is 7.41. The van der Waals surface area contributed by atoms with Crippen LogP contribution < -0.4 is 10.2 Å². The molecule has 2 aromatic carbocycles. The van der Waals surface area contributed by atoms with Crippen molar-refractivity contribution in [2.24, 2.45) is 0 Å². The van der Waals surface area contributed by atoms with Crippen LogP contribution in [0, 0.1) is 0 Å². The molecular weight excluding hydrogens is 438 g/mol. The zero-order valence-electron chi connectivity index (χ0n) is 18.7. The summed E-state index contributed by atoms with van der Waals surface area (Å²) in [7, 11) is 0. The first-order valence-electron chi connectivity index (χ1n) is 10.9. The molecule has 1 atom stereocenters. The molecule has 8 nitrogen and oxygen atoms in total. The molecule has 1 saturated heterocycles. The number of amides is 1. The van der Waals surface area contributed by atoms with Gasteiger partial charge in [0, 0.05) is 24.3 Å². The fourth-order valence-corrected chi connectivity index (χ4v) is 4.36. The van der Waals surface area contributed by atoms with Crippen molar-refractivity contribution >= 4 is 35.1 Å². The molecule has 0 bridgehead atoms. The van der Waals surface area contributed by atoms with E-state index in [1.54, 1.807) is 24.3 Å². The molecule has 3 aromatic rings. The van der Waals surface area contributed by atoms with Crippen molar-refractivity contribution in [3.8, 4) is 0 Å². The highest BCUT2D eigenvalue weighted by Crippen LogP contribution is 2.28. The van der Waals surface area contributed by atoms with E-state index >= 15 is 0 Å². The van der Waals surface area contributed by atoms with Gasteiger partial charge in [-0.3, -0.25) is 14.2 Å². The Balaban J connectivity index is 1.50. The third-order valence-corrected chi connectivity index (χ3v) is 6.47. The summed E-state index contributed by atoms with van der Waals surface area (Å²) in [5, 5.41) is 12.1. The van der Waals surface area contributed by atoms with Gasteiger partial charge in [0.15, 0.2) is 10.9 Å². The van der Waals surface area contributed by atoms with Crippen LogP contribution in [-0.2, 0) is 16.1 Å². The Morgan fingerprint density at radius 1 is 1.06 bits per heavy atom. The molecule has 4 rings (SSSR count). The van der Waals surface area contributed by atoms with Gasteiger partial charge in [-0.25, -0.2) is 0 Å². The van der Waals surface area contributed by atoms with E-state index < -0.39 is 5.25 Å². The fraction of sp³-hybridized carbons (Fsp3) is 0.333. The molecule has 9 heteroatoms. The van der Waals surface area contributed by atoms with Gasteiger partial charge < -0.3 is 15.0 Å². The van der Waals surface area contributed by atoms with Crippen LogP contribution in [0.2, 0.25) is 0 Å². The van der Waals surface area contributed by atoms with E-state index in [2.05, 4.69) is 37.1 Å². The zero-order chi connectivity index (χ0) is 23.2. The molecule has 1 fully saturated rings. The lowest BCUT2D eigenvalue weighted by Crippen LogP contribution is -2.38. The Morgan fingerprint density at radius 3 is 2.42 bits per heavy atom. The molecule has 0 spiro atoms. The molecule has 2 heterocycles. The zero-order valence-corrected chi connectivity index (χ0v) is 19.5. The van der Waals surface area contributed by atoms with Gasteiger partial charge in [0.25, 0.3) is 0 Å². The number of nitrogens with zero attached hydrogens (tertiary/aromatic N) is 4. The van der Waals surface area contributed by atoms with Crippen molar-refractivity contribution < 1.29 is 14.3 Å². The van der Waals surface area contributed by atoms with Crippen molar-refractivity contribution in [3.05, 3.63) is 65.7 Å². The van der Waals surface area contributed by atoms with E-state index in [0.717, 1.165) is 24.6 Å². The lowest BCUT2D eigenvalue weighted by atomic mass is 10.1. The maximum Gasteiger partial charge on any atom is 0.237 e. The van der Waals surface area contributed by atoms with Crippen molar-refractivity contribution in [3.63, 3.8) is 0 Å². The second-order valence-electron chi connectivity index (χ2n) is 7.84. The Bertz CT molecular complexity index is 1100. The van der Waals surface area contributed by atoms with Crippen LogP contribution in [0.5, 0.6) is 0 Å². The van der Waals surface area contributed by atoms with Gasteiger partial charge in [0.1, 0.15) is 0 Å². The quantitative estimate of drug-likeness (QED) is 0.402. The highest BCUT2D eigenvalue weighted by Gasteiger charge is 2.24. The average molecular weight is 466 g/mol. The third-order valence-electron chi connectivity index (χ3n) is 5.39.